The number of hydrogen-bond donors (Lipinski definition) is 0. The molecule has 0 atom stereocenters. The first-order chi connectivity index (χ1) is 11.4. The first kappa shape index (κ1) is 17.9. The zero-order valence-electron chi connectivity index (χ0n) is 14.2. The predicted molar refractivity (Wildman–Crippen MR) is 96.6 cm³/mol. The molecule has 0 saturated heterocycles. The van der Waals surface area contributed by atoms with Crippen molar-refractivity contribution in [1.29, 1.82) is 0 Å². The Bertz CT molecular complexity index is 775. The highest BCUT2D eigenvalue weighted by Gasteiger charge is 2.14. The van der Waals surface area contributed by atoms with E-state index in [9.17, 15) is 4.79 Å². The van der Waals surface area contributed by atoms with Gasteiger partial charge < -0.3 is 9.64 Å². The molecule has 1 heterocycles. The Morgan fingerprint density at radius 2 is 2.04 bits per heavy atom. The Kier molecular flexibility index (Phi) is 5.93. The van der Waals surface area contributed by atoms with E-state index in [4.69, 9.17) is 16.3 Å². The summed E-state index contributed by atoms with van der Waals surface area (Å²) in [5.74, 6) is -0.128. The largest absolute Gasteiger partial charge is 0.421 e. The van der Waals surface area contributed by atoms with Gasteiger partial charge in [0.15, 0.2) is 5.75 Å². The fourth-order valence-electron chi connectivity index (χ4n) is 2.01. The Labute approximate surface area is 146 Å². The normalized spacial score (nSPS) is 10.9. The van der Waals surface area contributed by atoms with Crippen LogP contribution in [0.2, 0.25) is 5.02 Å². The number of ether oxygens (including phenoxy) is 1. The number of esters is 1. The van der Waals surface area contributed by atoms with E-state index in [-0.39, 0.29) is 0 Å². The average molecular weight is 346 g/mol. The molecule has 2 aromatic rings. The second kappa shape index (κ2) is 7.93. The number of hydrogen-bond acceptors (Lipinski definition) is 4. The zero-order chi connectivity index (χ0) is 17.7. The van der Waals surface area contributed by atoms with Gasteiger partial charge in [0.05, 0.1) is 28.8 Å². The van der Waals surface area contributed by atoms with Gasteiger partial charge in [-0.3, -0.25) is 4.98 Å². The molecule has 5 nitrogen and oxygen atoms in total. The Morgan fingerprint density at radius 3 is 2.71 bits per heavy atom. The van der Waals surface area contributed by atoms with Crippen molar-refractivity contribution in [2.24, 2.45) is 4.99 Å². The first-order valence-corrected chi connectivity index (χ1v) is 7.97. The second-order valence-electron chi connectivity index (χ2n) is 5.50. The second-order valence-corrected chi connectivity index (χ2v) is 5.94. The number of carbonyl (C=O) groups is 1. The van der Waals surface area contributed by atoms with Gasteiger partial charge in [0.25, 0.3) is 0 Å². The molecule has 6 heteroatoms. The minimum atomic E-state index is -0.444. The van der Waals surface area contributed by atoms with E-state index in [1.165, 1.54) is 12.4 Å². The van der Waals surface area contributed by atoms with E-state index < -0.39 is 5.97 Å². The van der Waals surface area contributed by atoms with Crippen molar-refractivity contribution in [1.82, 2.24) is 9.88 Å². The zero-order valence-corrected chi connectivity index (χ0v) is 15.0. The summed E-state index contributed by atoms with van der Waals surface area (Å²) < 4.78 is 5.34. The van der Waals surface area contributed by atoms with Gasteiger partial charge in [-0.15, -0.1) is 0 Å². The van der Waals surface area contributed by atoms with Crippen LogP contribution in [0.15, 0.2) is 35.6 Å². The molecule has 0 fully saturated rings. The van der Waals surface area contributed by atoms with Crippen LogP contribution in [0.5, 0.6) is 5.75 Å². The quantitative estimate of drug-likeness (QED) is 0.463. The van der Waals surface area contributed by atoms with Crippen molar-refractivity contribution in [3.05, 3.63) is 52.3 Å². The number of halogens is 1. The summed E-state index contributed by atoms with van der Waals surface area (Å²) in [6, 6.07) is 5.21. The maximum Gasteiger partial charge on any atom is 0.343 e. The highest BCUT2D eigenvalue weighted by molar-refractivity contribution is 6.30. The number of pyridine rings is 1. The van der Waals surface area contributed by atoms with Gasteiger partial charge >= 0.3 is 5.97 Å². The monoisotopic (exact) mass is 345 g/mol. The SMILES string of the molecule is CCN(C)C=Nc1cc(C)c(C(=O)Oc2cncc(Cl)c2)cc1C. The van der Waals surface area contributed by atoms with Gasteiger partial charge in [-0.2, -0.15) is 0 Å². The molecule has 1 aromatic carbocycles. The fourth-order valence-corrected chi connectivity index (χ4v) is 2.18. The topological polar surface area (TPSA) is 54.8 Å². The highest BCUT2D eigenvalue weighted by Crippen LogP contribution is 2.25. The molecule has 0 saturated carbocycles. The van der Waals surface area contributed by atoms with E-state index in [2.05, 4.69) is 9.98 Å². The Hall–Kier alpha value is -2.40. The molecule has 0 aliphatic heterocycles. The summed E-state index contributed by atoms with van der Waals surface area (Å²) >= 11 is 5.85. The lowest BCUT2D eigenvalue weighted by Gasteiger charge is -2.11. The third kappa shape index (κ3) is 4.55. The summed E-state index contributed by atoms with van der Waals surface area (Å²) in [6.45, 7) is 6.69. The van der Waals surface area contributed by atoms with Gasteiger partial charge in [-0.05, 0) is 44.0 Å². The summed E-state index contributed by atoms with van der Waals surface area (Å²) in [7, 11) is 1.95. The van der Waals surface area contributed by atoms with Crippen LogP contribution in [0, 0.1) is 13.8 Å². The maximum atomic E-state index is 12.4. The van der Waals surface area contributed by atoms with Crippen molar-refractivity contribution < 1.29 is 9.53 Å². The van der Waals surface area contributed by atoms with Crippen LogP contribution < -0.4 is 4.74 Å². The molecule has 0 radical (unpaired) electrons. The lowest BCUT2D eigenvalue weighted by molar-refractivity contribution is 0.0733. The van der Waals surface area contributed by atoms with Crippen LogP contribution >= 0.6 is 11.6 Å². The molecular formula is C18H20ClN3O2. The number of nitrogens with zero attached hydrogens (tertiary/aromatic N) is 3. The van der Waals surface area contributed by atoms with Crippen LogP contribution in [-0.2, 0) is 0 Å². The minimum Gasteiger partial charge on any atom is -0.421 e. The van der Waals surface area contributed by atoms with E-state index in [1.54, 1.807) is 18.5 Å². The van der Waals surface area contributed by atoms with Gasteiger partial charge in [0, 0.05) is 25.9 Å². The molecule has 0 unspecified atom stereocenters. The number of rotatable bonds is 5. The van der Waals surface area contributed by atoms with Crippen molar-refractivity contribution in [2.75, 3.05) is 13.6 Å². The number of aryl methyl sites for hydroxylation is 2. The average Bonchev–Trinajstić information content (AvgIpc) is 2.54. The number of carbonyl (C=O) groups excluding carboxylic acids is 1. The van der Waals surface area contributed by atoms with Gasteiger partial charge in [-0.25, -0.2) is 9.79 Å². The molecule has 0 N–H and O–H groups in total. The lowest BCUT2D eigenvalue weighted by atomic mass is 10.0. The Morgan fingerprint density at radius 1 is 1.29 bits per heavy atom. The summed E-state index contributed by atoms with van der Waals surface area (Å²) in [4.78, 5) is 22.7. The Balaban J connectivity index is 2.23. The fraction of sp³-hybridized carbons (Fsp3) is 0.278. The van der Waals surface area contributed by atoms with Crippen LogP contribution in [0.1, 0.15) is 28.4 Å². The van der Waals surface area contributed by atoms with Crippen LogP contribution in [0.25, 0.3) is 0 Å². The van der Waals surface area contributed by atoms with Crippen molar-refractivity contribution in [3.63, 3.8) is 0 Å². The van der Waals surface area contributed by atoms with Crippen LogP contribution in [-0.4, -0.2) is 35.8 Å². The molecular weight excluding hydrogens is 326 g/mol. The van der Waals surface area contributed by atoms with Crippen molar-refractivity contribution in [3.8, 4) is 5.75 Å². The molecule has 1 aromatic heterocycles. The summed E-state index contributed by atoms with van der Waals surface area (Å²) in [5, 5.41) is 0.415. The molecule has 0 aliphatic rings. The predicted octanol–water partition coefficient (Wildman–Crippen LogP) is 4.18. The van der Waals surface area contributed by atoms with Gasteiger partial charge in [0.1, 0.15) is 0 Å². The number of aliphatic imine (C=N–C) groups is 1. The standard InChI is InChI=1S/C18H20ClN3O2/c1-5-22(4)11-21-17-7-12(2)16(6-13(17)3)18(23)24-15-8-14(19)9-20-10-15/h6-11H,5H2,1-4H3. The molecule has 126 valence electrons. The number of benzene rings is 1. The van der Waals surface area contributed by atoms with Crippen molar-refractivity contribution in [2.45, 2.75) is 20.8 Å². The summed E-state index contributed by atoms with van der Waals surface area (Å²) in [6.07, 6.45) is 4.71. The van der Waals surface area contributed by atoms with E-state index in [0.717, 1.165) is 23.4 Å². The molecule has 0 spiro atoms. The lowest BCUT2D eigenvalue weighted by Crippen LogP contribution is -2.14. The minimum absolute atomic E-state index is 0.316. The van der Waals surface area contributed by atoms with Crippen LogP contribution in [0.4, 0.5) is 5.69 Å². The third-order valence-electron chi connectivity index (χ3n) is 3.55. The smallest absolute Gasteiger partial charge is 0.343 e. The molecule has 24 heavy (non-hydrogen) atoms. The highest BCUT2D eigenvalue weighted by atomic mass is 35.5. The molecule has 2 rings (SSSR count). The van der Waals surface area contributed by atoms with E-state index in [1.807, 2.05) is 38.8 Å². The van der Waals surface area contributed by atoms with E-state index >= 15 is 0 Å². The van der Waals surface area contributed by atoms with Gasteiger partial charge in [-0.1, -0.05) is 11.6 Å². The summed E-state index contributed by atoms with van der Waals surface area (Å²) in [5.41, 5.74) is 3.02. The maximum absolute atomic E-state index is 12.4. The number of aromatic nitrogens is 1. The molecule has 0 bridgehead atoms. The van der Waals surface area contributed by atoms with Gasteiger partial charge in [0.2, 0.25) is 0 Å². The molecule has 0 amide bonds. The van der Waals surface area contributed by atoms with Crippen molar-refractivity contribution >= 4 is 29.6 Å². The first-order valence-electron chi connectivity index (χ1n) is 7.59. The third-order valence-corrected chi connectivity index (χ3v) is 3.75. The van der Waals surface area contributed by atoms with E-state index in [0.29, 0.717) is 16.3 Å². The van der Waals surface area contributed by atoms with Crippen LogP contribution in [0.3, 0.4) is 0 Å². The molecule has 0 aliphatic carbocycles.